The lowest BCUT2D eigenvalue weighted by molar-refractivity contribution is -0.135. The van der Waals surface area contributed by atoms with E-state index in [-0.39, 0.29) is 17.5 Å². The number of rotatable bonds is 6. The molecule has 0 aliphatic heterocycles. The molecule has 1 N–H and O–H groups in total. The summed E-state index contributed by atoms with van der Waals surface area (Å²) >= 11 is 0. The first-order chi connectivity index (χ1) is 10.5. The van der Waals surface area contributed by atoms with Gasteiger partial charge in [-0.2, -0.15) is 0 Å². The normalized spacial score (nSPS) is 15.2. The van der Waals surface area contributed by atoms with E-state index in [4.69, 9.17) is 5.11 Å². The van der Waals surface area contributed by atoms with Crippen molar-refractivity contribution in [2.75, 3.05) is 0 Å². The van der Waals surface area contributed by atoms with Gasteiger partial charge in [0.15, 0.2) is 0 Å². The van der Waals surface area contributed by atoms with Crippen LogP contribution in [0.3, 0.4) is 0 Å². The highest BCUT2D eigenvalue weighted by Crippen LogP contribution is 2.26. The Labute approximate surface area is 132 Å². The van der Waals surface area contributed by atoms with Gasteiger partial charge in [-0.3, -0.25) is 4.79 Å². The van der Waals surface area contributed by atoms with E-state index in [1.54, 1.807) is 24.3 Å². The maximum absolute atomic E-state index is 12.6. The molecule has 120 valence electrons. The quantitative estimate of drug-likeness (QED) is 0.875. The first-order valence-corrected chi connectivity index (χ1v) is 8.12. The maximum Gasteiger partial charge on any atom is 0.335 e. The van der Waals surface area contributed by atoms with Gasteiger partial charge in [-0.25, -0.2) is 4.79 Å². The topological polar surface area (TPSA) is 57.6 Å². The molecule has 4 nitrogen and oxygen atoms in total. The molecule has 1 amide bonds. The summed E-state index contributed by atoms with van der Waals surface area (Å²) in [6.45, 7) is 4.16. The predicted octanol–water partition coefficient (Wildman–Crippen LogP) is 3.50. The molecule has 0 saturated heterocycles. The molecule has 0 spiro atoms. The Bertz CT molecular complexity index is 516. The van der Waals surface area contributed by atoms with Crippen molar-refractivity contribution in [2.24, 2.45) is 0 Å². The van der Waals surface area contributed by atoms with Gasteiger partial charge in [0.2, 0.25) is 5.91 Å². The van der Waals surface area contributed by atoms with Crippen LogP contribution in [0.5, 0.6) is 0 Å². The fraction of sp³-hybridized carbons (Fsp3) is 0.556. The van der Waals surface area contributed by atoms with Crippen molar-refractivity contribution >= 4 is 11.9 Å². The smallest absolute Gasteiger partial charge is 0.335 e. The molecule has 4 heteroatoms. The first-order valence-electron chi connectivity index (χ1n) is 8.12. The van der Waals surface area contributed by atoms with Crippen molar-refractivity contribution in [2.45, 2.75) is 64.5 Å². The van der Waals surface area contributed by atoms with Crippen molar-refractivity contribution in [1.82, 2.24) is 4.90 Å². The summed E-state index contributed by atoms with van der Waals surface area (Å²) in [6.07, 6.45) is 5.83. The minimum Gasteiger partial charge on any atom is -0.478 e. The van der Waals surface area contributed by atoms with Gasteiger partial charge >= 0.3 is 5.97 Å². The van der Waals surface area contributed by atoms with Crippen LogP contribution in [0, 0.1) is 0 Å². The monoisotopic (exact) mass is 303 g/mol. The second kappa shape index (κ2) is 7.43. The molecule has 2 rings (SSSR count). The average Bonchev–Trinajstić information content (AvgIpc) is 2.99. The minimum atomic E-state index is -0.921. The molecule has 1 aromatic carbocycles. The number of amides is 1. The van der Waals surface area contributed by atoms with E-state index in [1.165, 1.54) is 12.8 Å². The minimum absolute atomic E-state index is 0.212. The van der Waals surface area contributed by atoms with E-state index < -0.39 is 5.97 Å². The van der Waals surface area contributed by atoms with Crippen LogP contribution >= 0.6 is 0 Å². The Hall–Kier alpha value is -1.84. The summed E-state index contributed by atoms with van der Waals surface area (Å²) in [5.41, 5.74) is 1.29. The average molecular weight is 303 g/mol. The van der Waals surface area contributed by atoms with Crippen molar-refractivity contribution in [3.8, 4) is 0 Å². The van der Waals surface area contributed by atoms with E-state index in [9.17, 15) is 9.59 Å². The van der Waals surface area contributed by atoms with Crippen LogP contribution in [0.2, 0.25) is 0 Å². The summed E-state index contributed by atoms with van der Waals surface area (Å²) in [6, 6.07) is 7.43. The Balaban J connectivity index is 1.93. The van der Waals surface area contributed by atoms with Gasteiger partial charge in [0, 0.05) is 18.5 Å². The van der Waals surface area contributed by atoms with Crippen LogP contribution < -0.4 is 0 Å². The van der Waals surface area contributed by atoms with E-state index in [1.807, 2.05) is 0 Å². The number of carbonyl (C=O) groups excluding carboxylic acids is 1. The number of aromatic carboxylic acids is 1. The van der Waals surface area contributed by atoms with Gasteiger partial charge in [0.05, 0.1) is 5.56 Å². The zero-order chi connectivity index (χ0) is 16.1. The number of carboxylic acid groups (broad SMARTS) is 1. The predicted molar refractivity (Wildman–Crippen MR) is 86.0 cm³/mol. The SMILES string of the molecule is CC(C)N(C(=O)CCc1ccc(C(=O)O)cc1)C1CCCC1. The molecule has 0 atom stereocenters. The highest BCUT2D eigenvalue weighted by Gasteiger charge is 2.28. The molecule has 1 saturated carbocycles. The largest absolute Gasteiger partial charge is 0.478 e. The van der Waals surface area contributed by atoms with E-state index in [2.05, 4.69) is 18.7 Å². The number of benzene rings is 1. The zero-order valence-corrected chi connectivity index (χ0v) is 13.4. The molecule has 0 radical (unpaired) electrons. The standard InChI is InChI=1S/C18H25NO3/c1-13(2)19(16-5-3-4-6-16)17(20)12-9-14-7-10-15(11-8-14)18(21)22/h7-8,10-11,13,16H,3-6,9,12H2,1-2H3,(H,21,22). The van der Waals surface area contributed by atoms with E-state index in [0.717, 1.165) is 18.4 Å². The van der Waals surface area contributed by atoms with Crippen molar-refractivity contribution < 1.29 is 14.7 Å². The zero-order valence-electron chi connectivity index (χ0n) is 13.4. The Kier molecular flexibility index (Phi) is 5.58. The molecule has 1 aliphatic carbocycles. The lowest BCUT2D eigenvalue weighted by atomic mass is 10.1. The lowest BCUT2D eigenvalue weighted by Crippen LogP contribution is -2.43. The van der Waals surface area contributed by atoms with Crippen molar-refractivity contribution in [3.63, 3.8) is 0 Å². The number of carboxylic acids is 1. The second-order valence-electron chi connectivity index (χ2n) is 6.34. The Morgan fingerprint density at radius 3 is 2.27 bits per heavy atom. The third kappa shape index (κ3) is 4.09. The molecular weight excluding hydrogens is 278 g/mol. The third-order valence-electron chi connectivity index (χ3n) is 4.39. The maximum atomic E-state index is 12.6. The van der Waals surface area contributed by atoms with Crippen LogP contribution in [0.25, 0.3) is 0 Å². The second-order valence-corrected chi connectivity index (χ2v) is 6.34. The number of carbonyl (C=O) groups is 2. The van der Waals surface area contributed by atoms with Crippen LogP contribution in [0.4, 0.5) is 0 Å². The van der Waals surface area contributed by atoms with Crippen LogP contribution in [-0.4, -0.2) is 34.0 Å². The van der Waals surface area contributed by atoms with Gasteiger partial charge in [-0.05, 0) is 50.8 Å². The van der Waals surface area contributed by atoms with Gasteiger partial charge < -0.3 is 10.0 Å². The van der Waals surface area contributed by atoms with Crippen LogP contribution in [0.1, 0.15) is 61.9 Å². The van der Waals surface area contributed by atoms with E-state index in [0.29, 0.717) is 18.9 Å². The molecule has 22 heavy (non-hydrogen) atoms. The number of nitrogens with zero attached hydrogens (tertiary/aromatic N) is 1. The summed E-state index contributed by atoms with van der Waals surface area (Å²) < 4.78 is 0. The fourth-order valence-electron chi connectivity index (χ4n) is 3.29. The summed E-state index contributed by atoms with van der Waals surface area (Å²) in [5.74, 6) is -0.709. The first kappa shape index (κ1) is 16.5. The summed E-state index contributed by atoms with van der Waals surface area (Å²) in [7, 11) is 0. The van der Waals surface area contributed by atoms with Gasteiger partial charge in [-0.15, -0.1) is 0 Å². The number of hydrogen-bond acceptors (Lipinski definition) is 2. The van der Waals surface area contributed by atoms with Gasteiger partial charge in [0.1, 0.15) is 0 Å². The molecule has 0 heterocycles. The molecule has 0 bridgehead atoms. The third-order valence-corrected chi connectivity index (χ3v) is 4.39. The van der Waals surface area contributed by atoms with Gasteiger partial charge in [0.25, 0.3) is 0 Å². The Morgan fingerprint density at radius 2 is 1.77 bits per heavy atom. The molecule has 1 fully saturated rings. The van der Waals surface area contributed by atoms with Crippen molar-refractivity contribution in [3.05, 3.63) is 35.4 Å². The summed E-state index contributed by atoms with van der Waals surface area (Å²) in [5, 5.41) is 8.89. The van der Waals surface area contributed by atoms with E-state index >= 15 is 0 Å². The molecule has 0 aromatic heterocycles. The molecule has 1 aromatic rings. The van der Waals surface area contributed by atoms with Gasteiger partial charge in [-0.1, -0.05) is 25.0 Å². The van der Waals surface area contributed by atoms with Crippen LogP contribution in [0.15, 0.2) is 24.3 Å². The van der Waals surface area contributed by atoms with Crippen LogP contribution in [-0.2, 0) is 11.2 Å². The molecule has 0 unspecified atom stereocenters. The molecule has 1 aliphatic rings. The van der Waals surface area contributed by atoms with Crippen molar-refractivity contribution in [1.29, 1.82) is 0 Å². The highest BCUT2D eigenvalue weighted by atomic mass is 16.4. The fourth-order valence-corrected chi connectivity index (χ4v) is 3.29. The lowest BCUT2D eigenvalue weighted by Gasteiger charge is -2.33. The number of hydrogen-bond donors (Lipinski definition) is 1. The Morgan fingerprint density at radius 1 is 1.18 bits per heavy atom. The summed E-state index contributed by atoms with van der Waals surface area (Å²) in [4.78, 5) is 25.4. The number of aryl methyl sites for hydroxylation is 1. The highest BCUT2D eigenvalue weighted by molar-refractivity contribution is 5.87. The molecular formula is C18H25NO3.